The van der Waals surface area contributed by atoms with Crippen LogP contribution in [-0.2, 0) is 0 Å². The number of para-hydroxylation sites is 1. The number of aliphatic hydroxyl groups is 1. The molecule has 0 aliphatic heterocycles. The van der Waals surface area contributed by atoms with Crippen molar-refractivity contribution in [1.29, 1.82) is 0 Å². The van der Waals surface area contributed by atoms with Gasteiger partial charge in [0.1, 0.15) is 5.69 Å². The number of methoxy groups -OCH3 is 2. The molecule has 2 aromatic carbocycles. The monoisotopic (exact) mass is 381 g/mol. The van der Waals surface area contributed by atoms with Crippen LogP contribution in [0.15, 0.2) is 54.7 Å². The molecule has 2 N–H and O–H groups in total. The standard InChI is InChI=1S/C21H23N3O4/c1-14(25)12-22-21(26)17-13-24(16-7-5-4-6-8-16)23-20(17)15-9-10-18(27-2)19(11-15)28-3/h4-11,13-14,25H,12H2,1-3H3,(H,22,26). The molecule has 0 aliphatic rings. The number of aromatic nitrogens is 2. The van der Waals surface area contributed by atoms with Gasteiger partial charge in [-0.3, -0.25) is 4.79 Å². The number of benzene rings is 2. The molecule has 3 rings (SSSR count). The molecule has 0 saturated carbocycles. The molecule has 1 aromatic heterocycles. The minimum atomic E-state index is -0.641. The van der Waals surface area contributed by atoms with Gasteiger partial charge in [-0.05, 0) is 37.3 Å². The first-order valence-corrected chi connectivity index (χ1v) is 8.87. The number of carbonyl (C=O) groups is 1. The Morgan fingerprint density at radius 1 is 1.14 bits per heavy atom. The van der Waals surface area contributed by atoms with Crippen molar-refractivity contribution in [3.63, 3.8) is 0 Å². The molecule has 7 heteroatoms. The van der Waals surface area contributed by atoms with Gasteiger partial charge in [-0.15, -0.1) is 0 Å². The Labute approximate surface area is 163 Å². The van der Waals surface area contributed by atoms with Crippen LogP contribution in [0.2, 0.25) is 0 Å². The molecular weight excluding hydrogens is 358 g/mol. The topological polar surface area (TPSA) is 85.6 Å². The van der Waals surface area contributed by atoms with Crippen LogP contribution in [0.3, 0.4) is 0 Å². The predicted molar refractivity (Wildman–Crippen MR) is 106 cm³/mol. The highest BCUT2D eigenvalue weighted by atomic mass is 16.5. The summed E-state index contributed by atoms with van der Waals surface area (Å²) in [6.45, 7) is 1.77. The van der Waals surface area contributed by atoms with Crippen LogP contribution in [0.1, 0.15) is 17.3 Å². The second-order valence-electron chi connectivity index (χ2n) is 6.30. The number of hydrogen-bond donors (Lipinski definition) is 2. The highest BCUT2D eigenvalue weighted by Gasteiger charge is 2.20. The van der Waals surface area contributed by atoms with Crippen molar-refractivity contribution in [2.75, 3.05) is 20.8 Å². The first-order chi connectivity index (χ1) is 13.5. The van der Waals surface area contributed by atoms with Gasteiger partial charge < -0.3 is 19.9 Å². The van der Waals surface area contributed by atoms with Crippen LogP contribution in [0.25, 0.3) is 16.9 Å². The van der Waals surface area contributed by atoms with Crippen molar-refractivity contribution in [2.45, 2.75) is 13.0 Å². The molecule has 3 aromatic rings. The molecule has 0 radical (unpaired) electrons. The number of ether oxygens (including phenoxy) is 2. The highest BCUT2D eigenvalue weighted by molar-refractivity contribution is 6.00. The lowest BCUT2D eigenvalue weighted by Crippen LogP contribution is -2.30. The van der Waals surface area contributed by atoms with E-state index in [0.29, 0.717) is 22.8 Å². The average Bonchev–Trinajstić information content (AvgIpc) is 3.17. The molecule has 28 heavy (non-hydrogen) atoms. The number of rotatable bonds is 7. The zero-order valence-corrected chi connectivity index (χ0v) is 16.0. The summed E-state index contributed by atoms with van der Waals surface area (Å²) >= 11 is 0. The molecule has 1 amide bonds. The van der Waals surface area contributed by atoms with Crippen LogP contribution < -0.4 is 14.8 Å². The van der Waals surface area contributed by atoms with E-state index in [1.165, 1.54) is 0 Å². The summed E-state index contributed by atoms with van der Waals surface area (Å²) in [5.74, 6) is 0.825. The third-order valence-electron chi connectivity index (χ3n) is 4.19. The summed E-state index contributed by atoms with van der Waals surface area (Å²) < 4.78 is 12.3. The number of nitrogens with zero attached hydrogens (tertiary/aromatic N) is 2. The van der Waals surface area contributed by atoms with Crippen LogP contribution in [-0.4, -0.2) is 47.7 Å². The largest absolute Gasteiger partial charge is 0.493 e. The molecule has 0 aliphatic carbocycles. The molecule has 0 bridgehead atoms. The van der Waals surface area contributed by atoms with Gasteiger partial charge in [-0.25, -0.2) is 4.68 Å². The normalized spacial score (nSPS) is 11.7. The van der Waals surface area contributed by atoms with Crippen molar-refractivity contribution in [3.05, 3.63) is 60.3 Å². The number of amides is 1. The Bertz CT molecular complexity index is 952. The van der Waals surface area contributed by atoms with Gasteiger partial charge in [0, 0.05) is 18.3 Å². The molecule has 146 valence electrons. The van der Waals surface area contributed by atoms with Gasteiger partial charge in [0.2, 0.25) is 0 Å². The Hall–Kier alpha value is -3.32. The second kappa shape index (κ2) is 8.58. The van der Waals surface area contributed by atoms with Crippen LogP contribution >= 0.6 is 0 Å². The smallest absolute Gasteiger partial charge is 0.255 e. The van der Waals surface area contributed by atoms with E-state index < -0.39 is 6.10 Å². The molecule has 7 nitrogen and oxygen atoms in total. The van der Waals surface area contributed by atoms with Gasteiger partial charge >= 0.3 is 0 Å². The quantitative estimate of drug-likeness (QED) is 0.657. The Morgan fingerprint density at radius 2 is 1.86 bits per heavy atom. The maximum atomic E-state index is 12.7. The summed E-state index contributed by atoms with van der Waals surface area (Å²) in [5, 5.41) is 16.8. The number of hydrogen-bond acceptors (Lipinski definition) is 5. The van der Waals surface area contributed by atoms with Crippen LogP contribution in [0, 0.1) is 0 Å². The minimum Gasteiger partial charge on any atom is -0.493 e. The third-order valence-corrected chi connectivity index (χ3v) is 4.19. The SMILES string of the molecule is COc1ccc(-c2nn(-c3ccccc3)cc2C(=O)NCC(C)O)cc1OC. The maximum absolute atomic E-state index is 12.7. The minimum absolute atomic E-state index is 0.153. The lowest BCUT2D eigenvalue weighted by atomic mass is 10.1. The molecular formula is C21H23N3O4. The fourth-order valence-electron chi connectivity index (χ4n) is 2.79. The number of nitrogens with one attached hydrogen (secondary N) is 1. The zero-order chi connectivity index (χ0) is 20.1. The van der Waals surface area contributed by atoms with Gasteiger partial charge in [0.05, 0.1) is 31.6 Å². The number of aliphatic hydroxyl groups excluding tert-OH is 1. The summed E-state index contributed by atoms with van der Waals surface area (Å²) in [5.41, 5.74) is 2.46. The van der Waals surface area contributed by atoms with E-state index in [4.69, 9.17) is 9.47 Å². The van der Waals surface area contributed by atoms with E-state index in [1.807, 2.05) is 36.4 Å². The molecule has 0 fully saturated rings. The Kier molecular flexibility index (Phi) is 5.96. The molecule has 1 atom stereocenters. The third kappa shape index (κ3) is 4.15. The first-order valence-electron chi connectivity index (χ1n) is 8.87. The number of carbonyl (C=O) groups excluding carboxylic acids is 1. The molecule has 0 spiro atoms. The molecule has 1 unspecified atom stereocenters. The highest BCUT2D eigenvalue weighted by Crippen LogP contribution is 2.33. The lowest BCUT2D eigenvalue weighted by Gasteiger charge is -2.10. The summed E-state index contributed by atoms with van der Waals surface area (Å²) in [7, 11) is 3.12. The van der Waals surface area contributed by atoms with Crippen LogP contribution in [0.5, 0.6) is 11.5 Å². The van der Waals surface area contributed by atoms with E-state index in [1.54, 1.807) is 44.2 Å². The van der Waals surface area contributed by atoms with E-state index in [9.17, 15) is 9.90 Å². The van der Waals surface area contributed by atoms with Gasteiger partial charge in [-0.2, -0.15) is 5.10 Å². The first kappa shape index (κ1) is 19.4. The summed E-state index contributed by atoms with van der Waals surface area (Å²) in [6, 6.07) is 14.9. The van der Waals surface area contributed by atoms with Crippen molar-refractivity contribution in [3.8, 4) is 28.4 Å². The van der Waals surface area contributed by atoms with Crippen molar-refractivity contribution in [1.82, 2.24) is 15.1 Å². The van der Waals surface area contributed by atoms with E-state index in [-0.39, 0.29) is 12.5 Å². The second-order valence-corrected chi connectivity index (χ2v) is 6.30. The molecule has 0 saturated heterocycles. The summed E-state index contributed by atoms with van der Waals surface area (Å²) in [6.07, 6.45) is 1.04. The van der Waals surface area contributed by atoms with E-state index in [2.05, 4.69) is 10.4 Å². The van der Waals surface area contributed by atoms with Crippen LogP contribution in [0.4, 0.5) is 0 Å². The van der Waals surface area contributed by atoms with E-state index in [0.717, 1.165) is 11.3 Å². The summed E-state index contributed by atoms with van der Waals surface area (Å²) in [4.78, 5) is 12.7. The fourth-order valence-corrected chi connectivity index (χ4v) is 2.79. The predicted octanol–water partition coefficient (Wildman–Crippen LogP) is 2.67. The Balaban J connectivity index is 2.07. The van der Waals surface area contributed by atoms with Gasteiger partial charge in [0.15, 0.2) is 11.5 Å². The average molecular weight is 381 g/mol. The lowest BCUT2D eigenvalue weighted by molar-refractivity contribution is 0.0924. The maximum Gasteiger partial charge on any atom is 0.255 e. The van der Waals surface area contributed by atoms with Crippen molar-refractivity contribution >= 4 is 5.91 Å². The van der Waals surface area contributed by atoms with E-state index >= 15 is 0 Å². The Morgan fingerprint density at radius 3 is 2.50 bits per heavy atom. The fraction of sp³-hybridized carbons (Fsp3) is 0.238. The molecule has 1 heterocycles. The van der Waals surface area contributed by atoms with Crippen molar-refractivity contribution in [2.24, 2.45) is 0 Å². The van der Waals surface area contributed by atoms with Gasteiger partial charge in [-0.1, -0.05) is 18.2 Å². The van der Waals surface area contributed by atoms with Gasteiger partial charge in [0.25, 0.3) is 5.91 Å². The zero-order valence-electron chi connectivity index (χ0n) is 16.0. The van der Waals surface area contributed by atoms with Crippen molar-refractivity contribution < 1.29 is 19.4 Å².